The molecule has 1 heterocycles. The number of rotatable bonds is 10. The Bertz CT molecular complexity index is 1050. The van der Waals surface area contributed by atoms with Crippen LogP contribution in [0.3, 0.4) is 0 Å². The molecule has 0 fully saturated rings. The molecule has 0 unspecified atom stereocenters. The third kappa shape index (κ3) is 4.51. The fourth-order valence-electron chi connectivity index (χ4n) is 3.41. The monoisotopic (exact) mass is 443 g/mol. The van der Waals surface area contributed by atoms with Gasteiger partial charge in [0.05, 0.1) is 29.4 Å². The summed E-state index contributed by atoms with van der Waals surface area (Å²) in [6, 6.07) is 10.8. The van der Waals surface area contributed by atoms with Gasteiger partial charge >= 0.3 is 0 Å². The Balaban J connectivity index is 2.15. The second-order valence-electron chi connectivity index (χ2n) is 6.90. The SMILES string of the molecule is COCCN(CCOC)C1=C(c2ccc([N+](=O)[O-])cc2)C(=O)N(c2ccccc2F)C1=O. The minimum atomic E-state index is -0.723. The minimum Gasteiger partial charge on any atom is -0.383 e. The zero-order valence-electron chi connectivity index (χ0n) is 17.6. The van der Waals surface area contributed by atoms with Crippen LogP contribution in [0.25, 0.3) is 5.57 Å². The molecule has 168 valence electrons. The Morgan fingerprint density at radius 1 is 0.969 bits per heavy atom. The zero-order valence-corrected chi connectivity index (χ0v) is 17.6. The Kier molecular flexibility index (Phi) is 7.29. The number of carbonyl (C=O) groups is 2. The summed E-state index contributed by atoms with van der Waals surface area (Å²) in [5.74, 6) is -2.14. The van der Waals surface area contributed by atoms with Crippen LogP contribution in [0, 0.1) is 15.9 Å². The fraction of sp³-hybridized carbons (Fsp3) is 0.273. The molecule has 0 N–H and O–H groups in total. The van der Waals surface area contributed by atoms with Crippen molar-refractivity contribution in [2.45, 2.75) is 0 Å². The molecule has 2 amide bonds. The number of nitro benzene ring substituents is 1. The molecule has 9 nitrogen and oxygen atoms in total. The van der Waals surface area contributed by atoms with E-state index < -0.39 is 22.6 Å². The minimum absolute atomic E-state index is 0.0281. The Labute approximate surface area is 183 Å². The molecule has 0 aromatic heterocycles. The molecular weight excluding hydrogens is 421 g/mol. The Morgan fingerprint density at radius 2 is 1.56 bits per heavy atom. The van der Waals surface area contributed by atoms with Crippen LogP contribution in [-0.2, 0) is 19.1 Å². The van der Waals surface area contributed by atoms with E-state index in [0.717, 1.165) is 11.0 Å². The molecule has 0 atom stereocenters. The lowest BCUT2D eigenvalue weighted by atomic mass is 10.0. The lowest BCUT2D eigenvalue weighted by Crippen LogP contribution is -2.38. The summed E-state index contributed by atoms with van der Waals surface area (Å²) in [5, 5.41) is 11.0. The van der Waals surface area contributed by atoms with Crippen molar-refractivity contribution in [2.75, 3.05) is 45.4 Å². The summed E-state index contributed by atoms with van der Waals surface area (Å²) in [5.41, 5.74) is 0.0637. The van der Waals surface area contributed by atoms with Gasteiger partial charge in [-0.2, -0.15) is 0 Å². The first-order chi connectivity index (χ1) is 15.4. The fourth-order valence-corrected chi connectivity index (χ4v) is 3.41. The van der Waals surface area contributed by atoms with Crippen LogP contribution in [0.5, 0.6) is 0 Å². The maximum Gasteiger partial charge on any atom is 0.282 e. The van der Waals surface area contributed by atoms with Gasteiger partial charge in [-0.15, -0.1) is 0 Å². The molecule has 1 aliphatic heterocycles. The summed E-state index contributed by atoms with van der Waals surface area (Å²) in [6.45, 7) is 1.08. The van der Waals surface area contributed by atoms with Crippen molar-refractivity contribution in [2.24, 2.45) is 0 Å². The van der Waals surface area contributed by atoms with Crippen molar-refractivity contribution in [1.29, 1.82) is 0 Å². The van der Waals surface area contributed by atoms with E-state index >= 15 is 0 Å². The number of amides is 2. The average Bonchev–Trinajstić information content (AvgIpc) is 3.04. The summed E-state index contributed by atoms with van der Waals surface area (Å²) < 4.78 is 24.8. The molecule has 0 bridgehead atoms. The number of anilines is 1. The maximum absolute atomic E-state index is 14.5. The third-order valence-electron chi connectivity index (χ3n) is 4.97. The van der Waals surface area contributed by atoms with E-state index in [1.807, 2.05) is 0 Å². The highest BCUT2D eigenvalue weighted by Gasteiger charge is 2.43. The quantitative estimate of drug-likeness (QED) is 0.316. The van der Waals surface area contributed by atoms with Crippen molar-refractivity contribution < 1.29 is 28.4 Å². The van der Waals surface area contributed by atoms with E-state index in [2.05, 4.69) is 0 Å². The first-order valence-electron chi connectivity index (χ1n) is 9.76. The predicted octanol–water partition coefficient (Wildman–Crippen LogP) is 2.61. The van der Waals surface area contributed by atoms with Gasteiger partial charge in [0.1, 0.15) is 11.5 Å². The summed E-state index contributed by atoms with van der Waals surface area (Å²) in [6.07, 6.45) is 0. The van der Waals surface area contributed by atoms with Gasteiger partial charge in [0.2, 0.25) is 0 Å². The molecule has 10 heteroatoms. The van der Waals surface area contributed by atoms with Crippen LogP contribution in [0.4, 0.5) is 15.8 Å². The maximum atomic E-state index is 14.5. The van der Waals surface area contributed by atoms with Crippen molar-refractivity contribution in [3.05, 3.63) is 75.7 Å². The number of nitrogens with zero attached hydrogens (tertiary/aromatic N) is 3. The van der Waals surface area contributed by atoms with Crippen molar-refractivity contribution in [3.63, 3.8) is 0 Å². The van der Waals surface area contributed by atoms with E-state index in [1.165, 1.54) is 56.7 Å². The molecule has 0 aliphatic carbocycles. The Morgan fingerprint density at radius 3 is 2.09 bits per heavy atom. The first-order valence-corrected chi connectivity index (χ1v) is 9.76. The number of benzene rings is 2. The largest absolute Gasteiger partial charge is 0.383 e. The molecular formula is C22H22FN3O6. The number of carbonyl (C=O) groups excluding carboxylic acids is 2. The molecule has 1 aliphatic rings. The second kappa shape index (κ2) is 10.1. The lowest BCUT2D eigenvalue weighted by molar-refractivity contribution is -0.384. The Hall–Kier alpha value is -3.63. The van der Waals surface area contributed by atoms with Crippen LogP contribution in [0.1, 0.15) is 5.56 Å². The average molecular weight is 443 g/mol. The van der Waals surface area contributed by atoms with E-state index in [0.29, 0.717) is 5.56 Å². The van der Waals surface area contributed by atoms with E-state index in [4.69, 9.17) is 9.47 Å². The summed E-state index contributed by atoms with van der Waals surface area (Å²) in [7, 11) is 3.01. The van der Waals surface area contributed by atoms with Crippen molar-refractivity contribution in [3.8, 4) is 0 Å². The van der Waals surface area contributed by atoms with Crippen LogP contribution in [0.2, 0.25) is 0 Å². The zero-order chi connectivity index (χ0) is 23.3. The molecule has 2 aromatic carbocycles. The van der Waals surface area contributed by atoms with Crippen molar-refractivity contribution >= 4 is 28.8 Å². The molecule has 3 rings (SSSR count). The van der Waals surface area contributed by atoms with Crippen LogP contribution in [0.15, 0.2) is 54.2 Å². The van der Waals surface area contributed by atoms with Crippen molar-refractivity contribution in [1.82, 2.24) is 4.90 Å². The van der Waals surface area contributed by atoms with E-state index in [9.17, 15) is 24.1 Å². The first kappa shape index (κ1) is 23.0. The van der Waals surface area contributed by atoms with Crippen LogP contribution >= 0.6 is 0 Å². The van der Waals surface area contributed by atoms with E-state index in [-0.39, 0.29) is 48.9 Å². The number of methoxy groups -OCH3 is 2. The molecule has 0 saturated carbocycles. The highest BCUT2D eigenvalue weighted by molar-refractivity contribution is 6.45. The van der Waals surface area contributed by atoms with Crippen LogP contribution < -0.4 is 4.90 Å². The highest BCUT2D eigenvalue weighted by atomic mass is 19.1. The number of para-hydroxylation sites is 1. The number of hydrogen-bond acceptors (Lipinski definition) is 7. The number of imide groups is 1. The molecule has 0 radical (unpaired) electrons. The number of hydrogen-bond donors (Lipinski definition) is 0. The highest BCUT2D eigenvalue weighted by Crippen LogP contribution is 2.36. The molecule has 32 heavy (non-hydrogen) atoms. The molecule has 2 aromatic rings. The molecule has 0 spiro atoms. The van der Waals surface area contributed by atoms with Gasteiger partial charge in [-0.05, 0) is 29.8 Å². The number of halogens is 1. The summed E-state index contributed by atoms with van der Waals surface area (Å²) in [4.78, 5) is 39.7. The third-order valence-corrected chi connectivity index (χ3v) is 4.97. The van der Waals surface area contributed by atoms with Crippen LogP contribution in [-0.4, -0.2) is 62.2 Å². The van der Waals surface area contributed by atoms with Gasteiger partial charge in [-0.1, -0.05) is 12.1 Å². The van der Waals surface area contributed by atoms with Gasteiger partial charge in [0.15, 0.2) is 0 Å². The van der Waals surface area contributed by atoms with Gasteiger partial charge < -0.3 is 14.4 Å². The normalized spacial score (nSPS) is 13.8. The van der Waals surface area contributed by atoms with Gasteiger partial charge in [0.25, 0.3) is 17.5 Å². The number of nitro groups is 1. The smallest absolute Gasteiger partial charge is 0.282 e. The number of non-ortho nitro benzene ring substituents is 1. The molecule has 0 saturated heterocycles. The predicted molar refractivity (Wildman–Crippen MR) is 114 cm³/mol. The van der Waals surface area contributed by atoms with E-state index in [1.54, 1.807) is 4.90 Å². The topological polar surface area (TPSA) is 102 Å². The number of ether oxygens (including phenoxy) is 2. The second-order valence-corrected chi connectivity index (χ2v) is 6.90. The standard InChI is InChI=1S/C22H22FN3O6/c1-31-13-11-24(12-14-32-2)20-19(15-7-9-16(10-8-15)26(29)30)21(27)25(22(20)28)18-6-4-3-5-17(18)23/h3-10H,11-14H2,1-2H3. The van der Waals surface area contributed by atoms with Gasteiger partial charge in [-0.25, -0.2) is 9.29 Å². The summed E-state index contributed by atoms with van der Waals surface area (Å²) >= 11 is 0. The van der Waals surface area contributed by atoms with Gasteiger partial charge in [-0.3, -0.25) is 19.7 Å². The van der Waals surface area contributed by atoms with Gasteiger partial charge in [0, 0.05) is 39.4 Å². The lowest BCUT2D eigenvalue weighted by Gasteiger charge is -2.25.